The molecule has 0 atom stereocenters. The van der Waals surface area contributed by atoms with Gasteiger partial charge in [-0.2, -0.15) is 0 Å². The fourth-order valence-electron chi connectivity index (χ4n) is 0.812. The molecule has 0 N–H and O–H groups in total. The molecule has 0 amide bonds. The summed E-state index contributed by atoms with van der Waals surface area (Å²) in [6, 6.07) is 3.11. The molecule has 1 rings (SSSR count). The Kier molecular flexibility index (Phi) is 3.22. The predicted molar refractivity (Wildman–Crippen MR) is 56.8 cm³/mol. The maximum Gasteiger partial charge on any atom is 0.162 e. The van der Waals surface area contributed by atoms with Crippen molar-refractivity contribution in [3.05, 3.63) is 31.6 Å². The summed E-state index contributed by atoms with van der Waals surface area (Å²) in [5, 5.41) is 0. The van der Waals surface area contributed by atoms with Gasteiger partial charge in [-0.05, 0) is 41.6 Å². The smallest absolute Gasteiger partial charge is 0.162 e. The van der Waals surface area contributed by atoms with Crippen molar-refractivity contribution in [3.63, 3.8) is 0 Å². The maximum absolute atomic E-state index is 13.2. The number of carbonyl (C=O) groups is 1. The van der Waals surface area contributed by atoms with Crippen LogP contribution in [0.2, 0.25) is 0 Å². The summed E-state index contributed by atoms with van der Waals surface area (Å²) >= 11 is 5.04. The van der Waals surface area contributed by atoms with Crippen LogP contribution in [-0.4, -0.2) is 5.78 Å². The van der Waals surface area contributed by atoms with E-state index in [1.54, 1.807) is 6.07 Å². The summed E-state index contributed by atoms with van der Waals surface area (Å²) < 4.78 is 14.4. The Morgan fingerprint density at radius 2 is 2.17 bits per heavy atom. The highest BCUT2D eigenvalue weighted by Crippen LogP contribution is 2.21. The molecular formula is C8H5BrFIO. The lowest BCUT2D eigenvalue weighted by Gasteiger charge is -2.01. The van der Waals surface area contributed by atoms with Crippen LogP contribution in [0.4, 0.5) is 4.39 Å². The van der Waals surface area contributed by atoms with E-state index >= 15 is 0 Å². The molecule has 0 aliphatic rings. The average Bonchev–Trinajstić information content (AvgIpc) is 1.96. The molecule has 0 radical (unpaired) electrons. The van der Waals surface area contributed by atoms with Gasteiger partial charge in [-0.15, -0.1) is 0 Å². The van der Waals surface area contributed by atoms with E-state index in [-0.39, 0.29) is 11.3 Å². The van der Waals surface area contributed by atoms with Gasteiger partial charge >= 0.3 is 0 Å². The lowest BCUT2D eigenvalue weighted by molar-refractivity contribution is 0.101. The Morgan fingerprint density at radius 1 is 1.58 bits per heavy atom. The average molecular weight is 343 g/mol. The van der Waals surface area contributed by atoms with E-state index < -0.39 is 5.82 Å². The Labute approximate surface area is 91.6 Å². The van der Waals surface area contributed by atoms with Crippen LogP contribution in [0.15, 0.2) is 16.6 Å². The monoisotopic (exact) mass is 342 g/mol. The molecule has 4 heteroatoms. The topological polar surface area (TPSA) is 17.1 Å². The summed E-state index contributed by atoms with van der Waals surface area (Å²) in [6.07, 6.45) is 0. The number of benzene rings is 1. The first-order valence-corrected chi connectivity index (χ1v) is 5.05. The first-order valence-electron chi connectivity index (χ1n) is 3.18. The third-order valence-corrected chi connectivity index (χ3v) is 2.62. The van der Waals surface area contributed by atoms with Crippen molar-refractivity contribution in [3.8, 4) is 0 Å². The summed E-state index contributed by atoms with van der Waals surface area (Å²) in [5.74, 6) is -0.696. The summed E-state index contributed by atoms with van der Waals surface area (Å²) in [5.41, 5.74) is 0.133. The van der Waals surface area contributed by atoms with Gasteiger partial charge in [-0.3, -0.25) is 4.79 Å². The molecule has 0 aromatic heterocycles. The zero-order valence-electron chi connectivity index (χ0n) is 6.20. The van der Waals surface area contributed by atoms with E-state index in [4.69, 9.17) is 0 Å². The highest BCUT2D eigenvalue weighted by atomic mass is 127. The number of carbonyl (C=O) groups excluding carboxylic acids is 1. The minimum absolute atomic E-state index is 0.133. The molecule has 0 heterocycles. The molecule has 0 spiro atoms. The van der Waals surface area contributed by atoms with Crippen LogP contribution in [0.5, 0.6) is 0 Å². The predicted octanol–water partition coefficient (Wildman–Crippen LogP) is 3.40. The molecule has 1 aromatic rings. The van der Waals surface area contributed by atoms with Crippen LogP contribution in [0.3, 0.4) is 0 Å². The number of hydrogen-bond acceptors (Lipinski definition) is 1. The molecule has 12 heavy (non-hydrogen) atoms. The first kappa shape index (κ1) is 10.1. The maximum atomic E-state index is 13.2. The second-order valence-electron chi connectivity index (χ2n) is 2.31. The van der Waals surface area contributed by atoms with E-state index in [0.717, 1.165) is 4.47 Å². The standard InChI is InChI=1S/C8H5BrFIO/c1-4(12)6-2-5(9)3-7(11)8(6)10/h2-3H,1H3. The van der Waals surface area contributed by atoms with E-state index in [1.807, 2.05) is 22.6 Å². The molecule has 0 bridgehead atoms. The van der Waals surface area contributed by atoms with Crippen LogP contribution in [0.1, 0.15) is 17.3 Å². The number of Topliss-reactive ketones (excluding diaryl/α,β-unsaturated/α-hetero) is 1. The number of hydrogen-bond donors (Lipinski definition) is 0. The van der Waals surface area contributed by atoms with E-state index in [9.17, 15) is 9.18 Å². The molecule has 0 saturated heterocycles. The summed E-state index contributed by atoms with van der Waals surface area (Å²) in [7, 11) is 0. The van der Waals surface area contributed by atoms with Gasteiger partial charge in [-0.1, -0.05) is 15.9 Å². The van der Waals surface area contributed by atoms with Gasteiger partial charge < -0.3 is 0 Å². The quantitative estimate of drug-likeness (QED) is 0.434. The second-order valence-corrected chi connectivity index (χ2v) is 4.38. The SMILES string of the molecule is CC(=O)c1cc(Br)cc(I)c1F. The normalized spacial score (nSPS) is 10.0. The number of ketones is 1. The van der Waals surface area contributed by atoms with Crippen molar-refractivity contribution in [2.75, 3.05) is 0 Å². The Balaban J connectivity index is 3.37. The molecule has 0 aliphatic carbocycles. The van der Waals surface area contributed by atoms with Gasteiger partial charge in [-0.25, -0.2) is 4.39 Å². The molecule has 64 valence electrons. The zero-order valence-corrected chi connectivity index (χ0v) is 9.94. The Bertz CT molecular complexity index is 338. The minimum Gasteiger partial charge on any atom is -0.294 e. The van der Waals surface area contributed by atoms with Gasteiger partial charge in [0.05, 0.1) is 9.13 Å². The first-order chi connectivity index (χ1) is 5.52. The summed E-state index contributed by atoms with van der Waals surface area (Å²) in [4.78, 5) is 10.9. The Morgan fingerprint density at radius 3 is 2.67 bits per heavy atom. The fraction of sp³-hybridized carbons (Fsp3) is 0.125. The third-order valence-electron chi connectivity index (χ3n) is 1.37. The van der Waals surface area contributed by atoms with Gasteiger partial charge in [0.2, 0.25) is 0 Å². The fourth-order valence-corrected chi connectivity index (χ4v) is 2.32. The van der Waals surface area contributed by atoms with Gasteiger partial charge in [0.15, 0.2) is 5.78 Å². The molecule has 1 nitrogen and oxygen atoms in total. The lowest BCUT2D eigenvalue weighted by Crippen LogP contribution is -1.99. The van der Waals surface area contributed by atoms with Crippen LogP contribution < -0.4 is 0 Å². The van der Waals surface area contributed by atoms with Crippen LogP contribution in [-0.2, 0) is 0 Å². The molecular weight excluding hydrogens is 338 g/mol. The molecule has 0 aliphatic heterocycles. The van der Waals surface area contributed by atoms with Crippen LogP contribution in [0.25, 0.3) is 0 Å². The minimum atomic E-state index is -0.439. The van der Waals surface area contributed by atoms with Crippen molar-refractivity contribution in [1.29, 1.82) is 0 Å². The highest BCUT2D eigenvalue weighted by molar-refractivity contribution is 14.1. The van der Waals surface area contributed by atoms with Crippen LogP contribution >= 0.6 is 38.5 Å². The van der Waals surface area contributed by atoms with Crippen molar-refractivity contribution in [1.82, 2.24) is 0 Å². The number of rotatable bonds is 1. The largest absolute Gasteiger partial charge is 0.294 e. The molecule has 0 unspecified atom stereocenters. The number of halogens is 3. The molecule has 0 saturated carbocycles. The van der Waals surface area contributed by atoms with Crippen molar-refractivity contribution >= 4 is 44.3 Å². The molecule has 1 aromatic carbocycles. The highest BCUT2D eigenvalue weighted by Gasteiger charge is 2.11. The van der Waals surface area contributed by atoms with E-state index in [2.05, 4.69) is 15.9 Å². The molecule has 0 fully saturated rings. The Hall–Kier alpha value is 0.0300. The third kappa shape index (κ3) is 2.04. The van der Waals surface area contributed by atoms with E-state index in [1.165, 1.54) is 13.0 Å². The second kappa shape index (κ2) is 3.83. The van der Waals surface area contributed by atoms with Gasteiger partial charge in [0.25, 0.3) is 0 Å². The van der Waals surface area contributed by atoms with Crippen molar-refractivity contribution in [2.45, 2.75) is 6.92 Å². The summed E-state index contributed by atoms with van der Waals surface area (Å²) in [6.45, 7) is 1.35. The lowest BCUT2D eigenvalue weighted by atomic mass is 10.1. The van der Waals surface area contributed by atoms with Gasteiger partial charge in [0, 0.05) is 4.47 Å². The van der Waals surface area contributed by atoms with Crippen LogP contribution in [0, 0.1) is 9.39 Å². The van der Waals surface area contributed by atoms with Crippen molar-refractivity contribution < 1.29 is 9.18 Å². The van der Waals surface area contributed by atoms with E-state index in [0.29, 0.717) is 3.57 Å². The zero-order chi connectivity index (χ0) is 9.30. The van der Waals surface area contributed by atoms with Gasteiger partial charge in [0.1, 0.15) is 5.82 Å². The van der Waals surface area contributed by atoms with Crippen molar-refractivity contribution in [2.24, 2.45) is 0 Å².